The van der Waals surface area contributed by atoms with Gasteiger partial charge in [-0.2, -0.15) is 0 Å². The molecule has 0 radical (unpaired) electrons. The van der Waals surface area contributed by atoms with Crippen molar-refractivity contribution in [3.05, 3.63) is 23.9 Å². The Labute approximate surface area is 106 Å². The summed E-state index contributed by atoms with van der Waals surface area (Å²) in [5.74, 6) is 0. The van der Waals surface area contributed by atoms with Crippen molar-refractivity contribution in [2.75, 3.05) is 6.26 Å². The third-order valence-electron chi connectivity index (χ3n) is 1.73. The van der Waals surface area contributed by atoms with Gasteiger partial charge in [0.1, 0.15) is 5.03 Å². The van der Waals surface area contributed by atoms with E-state index >= 15 is 0 Å². The quantitative estimate of drug-likeness (QED) is 0.861. The molecule has 0 aliphatic heterocycles. The van der Waals surface area contributed by atoms with Gasteiger partial charge in [-0.3, -0.25) is 0 Å². The highest BCUT2D eigenvalue weighted by molar-refractivity contribution is 8.02. The van der Waals surface area contributed by atoms with Gasteiger partial charge in [-0.15, -0.1) is 10.2 Å². The van der Waals surface area contributed by atoms with E-state index in [-0.39, 0.29) is 6.61 Å². The number of aromatic nitrogens is 3. The van der Waals surface area contributed by atoms with Crippen molar-refractivity contribution in [3.63, 3.8) is 0 Å². The van der Waals surface area contributed by atoms with E-state index in [9.17, 15) is 0 Å². The third-order valence-corrected chi connectivity index (χ3v) is 4.63. The third kappa shape index (κ3) is 2.94. The molecule has 0 amide bonds. The smallest absolute Gasteiger partial charge is 0.181 e. The van der Waals surface area contributed by atoms with Gasteiger partial charge in [0.05, 0.1) is 6.61 Å². The summed E-state index contributed by atoms with van der Waals surface area (Å²) in [5, 5.41) is 17.8. The fourth-order valence-electron chi connectivity index (χ4n) is 0.975. The Morgan fingerprint density at radius 3 is 2.69 bits per heavy atom. The molecular weight excluding hydrogens is 262 g/mol. The molecule has 84 valence electrons. The van der Waals surface area contributed by atoms with E-state index in [1.165, 1.54) is 11.8 Å². The van der Waals surface area contributed by atoms with E-state index < -0.39 is 0 Å². The Bertz CT molecular complexity index is 457. The summed E-state index contributed by atoms with van der Waals surface area (Å²) in [4.78, 5) is 4.21. The Morgan fingerprint density at radius 2 is 2.12 bits per heavy atom. The van der Waals surface area contributed by atoms with E-state index in [4.69, 9.17) is 5.11 Å². The first kappa shape index (κ1) is 11.8. The number of nitrogens with zero attached hydrogens (tertiary/aromatic N) is 3. The second-order valence-electron chi connectivity index (χ2n) is 2.80. The number of thioether (sulfide) groups is 1. The molecule has 0 saturated carbocycles. The van der Waals surface area contributed by atoms with Crippen LogP contribution in [-0.4, -0.2) is 26.5 Å². The van der Waals surface area contributed by atoms with Crippen molar-refractivity contribution < 1.29 is 5.11 Å². The molecule has 0 aliphatic rings. The normalized spacial score (nSPS) is 10.6. The highest BCUT2D eigenvalue weighted by Crippen LogP contribution is 2.31. The minimum absolute atomic E-state index is 0.0212. The molecule has 0 saturated heterocycles. The SMILES string of the molecule is CSc1nnc(Sc2ccc(CO)cn2)s1. The van der Waals surface area contributed by atoms with Gasteiger partial charge >= 0.3 is 0 Å². The minimum Gasteiger partial charge on any atom is -0.392 e. The summed E-state index contributed by atoms with van der Waals surface area (Å²) >= 11 is 4.62. The van der Waals surface area contributed by atoms with Crippen LogP contribution in [0.3, 0.4) is 0 Å². The van der Waals surface area contributed by atoms with E-state index in [1.54, 1.807) is 29.3 Å². The molecule has 0 spiro atoms. The number of pyridine rings is 1. The van der Waals surface area contributed by atoms with Gasteiger partial charge in [-0.25, -0.2) is 4.98 Å². The average molecular weight is 271 g/mol. The van der Waals surface area contributed by atoms with Crippen LogP contribution in [0.25, 0.3) is 0 Å². The Balaban J connectivity index is 2.08. The zero-order valence-corrected chi connectivity index (χ0v) is 10.9. The molecular formula is C9H9N3OS3. The van der Waals surface area contributed by atoms with Crippen LogP contribution in [0.2, 0.25) is 0 Å². The lowest BCUT2D eigenvalue weighted by atomic mass is 10.3. The summed E-state index contributed by atoms with van der Waals surface area (Å²) < 4.78 is 1.84. The number of aliphatic hydroxyl groups is 1. The highest BCUT2D eigenvalue weighted by atomic mass is 32.2. The largest absolute Gasteiger partial charge is 0.392 e. The average Bonchev–Trinajstić information content (AvgIpc) is 2.78. The van der Waals surface area contributed by atoms with Crippen LogP contribution < -0.4 is 0 Å². The van der Waals surface area contributed by atoms with Gasteiger partial charge in [0.15, 0.2) is 8.68 Å². The van der Waals surface area contributed by atoms with Crippen molar-refractivity contribution in [3.8, 4) is 0 Å². The summed E-state index contributed by atoms with van der Waals surface area (Å²) in [6, 6.07) is 3.72. The first-order valence-corrected chi connectivity index (χ1v) is 7.28. The second-order valence-corrected chi connectivity index (χ2v) is 6.10. The van der Waals surface area contributed by atoms with Crippen LogP contribution in [0.15, 0.2) is 32.0 Å². The van der Waals surface area contributed by atoms with Gasteiger partial charge in [-0.05, 0) is 29.6 Å². The number of aliphatic hydroxyl groups excluding tert-OH is 1. The number of rotatable bonds is 4. The maximum atomic E-state index is 8.88. The lowest BCUT2D eigenvalue weighted by Crippen LogP contribution is -1.85. The maximum absolute atomic E-state index is 8.88. The molecule has 2 rings (SSSR count). The fraction of sp³-hybridized carbons (Fsp3) is 0.222. The summed E-state index contributed by atoms with van der Waals surface area (Å²) in [6.07, 6.45) is 3.64. The molecule has 0 bridgehead atoms. The molecule has 2 aromatic rings. The van der Waals surface area contributed by atoms with Gasteiger partial charge in [0, 0.05) is 6.20 Å². The van der Waals surface area contributed by atoms with Crippen molar-refractivity contribution in [2.45, 2.75) is 20.3 Å². The van der Waals surface area contributed by atoms with Gasteiger partial charge < -0.3 is 5.11 Å². The fourth-order valence-corrected chi connectivity index (χ4v) is 3.30. The van der Waals surface area contributed by atoms with E-state index in [0.717, 1.165) is 19.3 Å². The Morgan fingerprint density at radius 1 is 1.31 bits per heavy atom. The molecule has 0 fully saturated rings. The Hall–Kier alpha value is -0.630. The molecule has 4 nitrogen and oxygen atoms in total. The summed E-state index contributed by atoms with van der Waals surface area (Å²) in [6.45, 7) is 0.0212. The van der Waals surface area contributed by atoms with E-state index in [1.807, 2.05) is 18.4 Å². The Kier molecular flexibility index (Phi) is 4.16. The van der Waals surface area contributed by atoms with Crippen LogP contribution in [0, 0.1) is 0 Å². The van der Waals surface area contributed by atoms with Crippen LogP contribution in [0.1, 0.15) is 5.56 Å². The van der Waals surface area contributed by atoms with Gasteiger partial charge in [-0.1, -0.05) is 29.2 Å². The molecule has 0 atom stereocenters. The highest BCUT2D eigenvalue weighted by Gasteiger charge is 2.05. The maximum Gasteiger partial charge on any atom is 0.181 e. The van der Waals surface area contributed by atoms with Crippen LogP contribution in [-0.2, 0) is 6.61 Å². The zero-order chi connectivity index (χ0) is 11.4. The standard InChI is InChI=1S/C9H9N3OS3/c1-14-8-11-12-9(16-8)15-7-3-2-6(5-13)4-10-7/h2-4,13H,5H2,1H3. The molecule has 7 heteroatoms. The predicted octanol–water partition coefficient (Wildman–Crippen LogP) is 2.30. The van der Waals surface area contributed by atoms with Crippen molar-refractivity contribution >= 4 is 34.9 Å². The van der Waals surface area contributed by atoms with E-state index in [2.05, 4.69) is 15.2 Å². The lowest BCUT2D eigenvalue weighted by molar-refractivity contribution is 0.281. The molecule has 0 aromatic carbocycles. The first-order valence-electron chi connectivity index (χ1n) is 4.43. The number of hydrogen-bond donors (Lipinski definition) is 1. The molecule has 0 aliphatic carbocycles. The molecule has 2 heterocycles. The van der Waals surface area contributed by atoms with Crippen LogP contribution in [0.5, 0.6) is 0 Å². The molecule has 0 unspecified atom stereocenters. The van der Waals surface area contributed by atoms with Crippen molar-refractivity contribution in [2.24, 2.45) is 0 Å². The zero-order valence-electron chi connectivity index (χ0n) is 8.45. The number of hydrogen-bond acceptors (Lipinski definition) is 7. The lowest BCUT2D eigenvalue weighted by Gasteiger charge is -1.97. The first-order chi connectivity index (χ1) is 7.81. The van der Waals surface area contributed by atoms with Gasteiger partial charge in [0.2, 0.25) is 0 Å². The monoisotopic (exact) mass is 271 g/mol. The summed E-state index contributed by atoms with van der Waals surface area (Å²) in [5.41, 5.74) is 0.811. The van der Waals surface area contributed by atoms with Crippen molar-refractivity contribution in [1.82, 2.24) is 15.2 Å². The van der Waals surface area contributed by atoms with Crippen molar-refractivity contribution in [1.29, 1.82) is 0 Å². The van der Waals surface area contributed by atoms with Crippen LogP contribution in [0.4, 0.5) is 0 Å². The summed E-state index contributed by atoms with van der Waals surface area (Å²) in [7, 11) is 0. The topological polar surface area (TPSA) is 58.9 Å². The molecule has 2 aromatic heterocycles. The van der Waals surface area contributed by atoms with Crippen LogP contribution >= 0.6 is 34.9 Å². The predicted molar refractivity (Wildman–Crippen MR) is 66.0 cm³/mol. The van der Waals surface area contributed by atoms with Gasteiger partial charge in [0.25, 0.3) is 0 Å². The van der Waals surface area contributed by atoms with E-state index in [0.29, 0.717) is 0 Å². The minimum atomic E-state index is 0.0212. The molecule has 1 N–H and O–H groups in total. The molecule has 16 heavy (non-hydrogen) atoms. The second kappa shape index (κ2) is 5.62.